The predicted octanol–water partition coefficient (Wildman–Crippen LogP) is 1.97. The van der Waals surface area contributed by atoms with E-state index in [1.807, 2.05) is 0 Å². The van der Waals surface area contributed by atoms with Crippen LogP contribution in [-0.4, -0.2) is 44.9 Å². The molecule has 0 saturated carbocycles. The molecule has 0 aromatic carbocycles. The molecular formula is C10H23NOSi. The molecule has 1 aliphatic heterocycles. The summed E-state index contributed by atoms with van der Waals surface area (Å²) < 4.78 is 5.49. The van der Waals surface area contributed by atoms with E-state index in [1.165, 1.54) is 12.6 Å². The fourth-order valence-electron chi connectivity index (χ4n) is 1.88. The van der Waals surface area contributed by atoms with Gasteiger partial charge in [0.1, 0.15) is 0 Å². The smallest absolute Gasteiger partial charge is 0.0622 e. The minimum absolute atomic E-state index is 0.681. The van der Waals surface area contributed by atoms with E-state index >= 15 is 0 Å². The average molecular weight is 201 g/mol. The Morgan fingerprint density at radius 3 is 2.62 bits per heavy atom. The van der Waals surface area contributed by atoms with Gasteiger partial charge in [-0.2, -0.15) is 0 Å². The topological polar surface area (TPSA) is 12.5 Å². The van der Waals surface area contributed by atoms with Gasteiger partial charge in [-0.05, 0) is 12.6 Å². The van der Waals surface area contributed by atoms with Crippen LogP contribution < -0.4 is 0 Å². The summed E-state index contributed by atoms with van der Waals surface area (Å²) in [5.74, 6) is 0. The predicted molar refractivity (Wildman–Crippen MR) is 59.8 cm³/mol. The molecule has 1 heterocycles. The molecule has 0 aromatic heterocycles. The van der Waals surface area contributed by atoms with Crippen LogP contribution in [0.1, 0.15) is 13.3 Å². The van der Waals surface area contributed by atoms with Crippen LogP contribution in [0.4, 0.5) is 0 Å². The molecule has 0 radical (unpaired) electrons. The molecule has 1 fully saturated rings. The van der Waals surface area contributed by atoms with E-state index in [0.717, 1.165) is 19.8 Å². The van der Waals surface area contributed by atoms with Crippen molar-refractivity contribution in [1.29, 1.82) is 0 Å². The molecule has 0 N–H and O–H groups in total. The van der Waals surface area contributed by atoms with Crippen LogP contribution in [0.25, 0.3) is 0 Å². The number of morpholine rings is 1. The Bertz CT molecular complexity index is 155. The van der Waals surface area contributed by atoms with Crippen LogP contribution >= 0.6 is 0 Å². The van der Waals surface area contributed by atoms with Crippen molar-refractivity contribution >= 4 is 8.07 Å². The SMILES string of the molecule is CCC1COCCN1C[Si](C)(C)C. The molecule has 2 nitrogen and oxygen atoms in total. The van der Waals surface area contributed by atoms with E-state index in [9.17, 15) is 0 Å². The summed E-state index contributed by atoms with van der Waals surface area (Å²) in [6, 6.07) is 0.681. The highest BCUT2D eigenvalue weighted by atomic mass is 28.3. The second kappa shape index (κ2) is 4.58. The van der Waals surface area contributed by atoms with E-state index in [0.29, 0.717) is 6.04 Å². The molecule has 78 valence electrons. The van der Waals surface area contributed by atoms with Crippen molar-refractivity contribution in [2.45, 2.75) is 39.0 Å². The fourth-order valence-corrected chi connectivity index (χ4v) is 3.52. The van der Waals surface area contributed by atoms with E-state index in [2.05, 4.69) is 31.5 Å². The first-order valence-corrected chi connectivity index (χ1v) is 9.05. The van der Waals surface area contributed by atoms with Gasteiger partial charge < -0.3 is 4.74 Å². The van der Waals surface area contributed by atoms with E-state index in [4.69, 9.17) is 4.74 Å². The zero-order chi connectivity index (χ0) is 9.90. The van der Waals surface area contributed by atoms with Crippen molar-refractivity contribution in [3.8, 4) is 0 Å². The molecule has 1 saturated heterocycles. The molecule has 1 unspecified atom stereocenters. The summed E-state index contributed by atoms with van der Waals surface area (Å²) in [6.07, 6.45) is 2.55. The van der Waals surface area contributed by atoms with E-state index in [-0.39, 0.29) is 0 Å². The Hall–Kier alpha value is 0.137. The van der Waals surface area contributed by atoms with Gasteiger partial charge in [0.25, 0.3) is 0 Å². The van der Waals surface area contributed by atoms with E-state index < -0.39 is 8.07 Å². The number of ether oxygens (including phenoxy) is 1. The molecular weight excluding hydrogens is 178 g/mol. The third-order valence-corrected chi connectivity index (χ3v) is 3.85. The number of hydrogen-bond donors (Lipinski definition) is 0. The lowest BCUT2D eigenvalue weighted by atomic mass is 10.2. The lowest BCUT2D eigenvalue weighted by Crippen LogP contribution is -2.51. The molecule has 1 aliphatic rings. The molecule has 1 rings (SSSR count). The van der Waals surface area contributed by atoms with Gasteiger partial charge in [0.2, 0.25) is 0 Å². The van der Waals surface area contributed by atoms with Crippen molar-refractivity contribution in [3.63, 3.8) is 0 Å². The molecule has 1 atom stereocenters. The van der Waals surface area contributed by atoms with E-state index in [1.54, 1.807) is 0 Å². The first-order valence-electron chi connectivity index (χ1n) is 5.35. The first-order chi connectivity index (χ1) is 6.03. The maximum atomic E-state index is 5.49. The van der Waals surface area contributed by atoms with Gasteiger partial charge in [0.15, 0.2) is 0 Å². The number of rotatable bonds is 3. The standard InChI is InChI=1S/C10H23NOSi/c1-5-10-8-12-7-6-11(10)9-13(2,3)4/h10H,5-9H2,1-4H3. The largest absolute Gasteiger partial charge is 0.378 e. The number of hydrogen-bond acceptors (Lipinski definition) is 2. The molecule has 13 heavy (non-hydrogen) atoms. The molecule has 0 aromatic rings. The van der Waals surface area contributed by atoms with Crippen LogP contribution in [-0.2, 0) is 4.74 Å². The van der Waals surface area contributed by atoms with Crippen LogP contribution in [0, 0.1) is 0 Å². The van der Waals surface area contributed by atoms with Crippen molar-refractivity contribution in [3.05, 3.63) is 0 Å². The Balaban J connectivity index is 2.45. The van der Waals surface area contributed by atoms with Gasteiger partial charge in [-0.1, -0.05) is 26.6 Å². The van der Waals surface area contributed by atoms with Gasteiger partial charge in [0, 0.05) is 12.6 Å². The zero-order valence-corrected chi connectivity index (χ0v) is 10.5. The lowest BCUT2D eigenvalue weighted by molar-refractivity contribution is -0.000434. The maximum Gasteiger partial charge on any atom is 0.0622 e. The summed E-state index contributed by atoms with van der Waals surface area (Å²) in [7, 11) is -0.932. The highest BCUT2D eigenvalue weighted by Crippen LogP contribution is 2.13. The molecule has 3 heteroatoms. The van der Waals surface area contributed by atoms with Crippen molar-refractivity contribution < 1.29 is 4.74 Å². The Kier molecular flexibility index (Phi) is 3.95. The van der Waals surface area contributed by atoms with Crippen LogP contribution in [0.3, 0.4) is 0 Å². The summed E-state index contributed by atoms with van der Waals surface area (Å²) in [5, 5.41) is 0. The maximum absolute atomic E-state index is 5.49. The summed E-state index contributed by atoms with van der Waals surface area (Å²) in [6.45, 7) is 12.6. The van der Waals surface area contributed by atoms with Crippen LogP contribution in [0.15, 0.2) is 0 Å². The summed E-state index contributed by atoms with van der Waals surface area (Å²) in [5.41, 5.74) is 0. The minimum Gasteiger partial charge on any atom is -0.378 e. The monoisotopic (exact) mass is 201 g/mol. The summed E-state index contributed by atoms with van der Waals surface area (Å²) in [4.78, 5) is 2.63. The highest BCUT2D eigenvalue weighted by molar-refractivity contribution is 6.76. The lowest BCUT2D eigenvalue weighted by Gasteiger charge is -2.38. The molecule has 0 amide bonds. The quantitative estimate of drug-likeness (QED) is 0.647. The van der Waals surface area contributed by atoms with Crippen LogP contribution in [0.5, 0.6) is 0 Å². The first kappa shape index (κ1) is 11.2. The highest BCUT2D eigenvalue weighted by Gasteiger charge is 2.26. The molecule has 0 bridgehead atoms. The van der Waals surface area contributed by atoms with Crippen molar-refractivity contribution in [1.82, 2.24) is 4.90 Å². The Morgan fingerprint density at radius 1 is 1.38 bits per heavy atom. The third-order valence-electron chi connectivity index (χ3n) is 2.50. The molecule has 0 aliphatic carbocycles. The van der Waals surface area contributed by atoms with Gasteiger partial charge in [-0.15, -0.1) is 0 Å². The Morgan fingerprint density at radius 2 is 2.08 bits per heavy atom. The second-order valence-corrected chi connectivity index (χ2v) is 10.6. The normalized spacial score (nSPS) is 26.3. The number of nitrogens with zero attached hydrogens (tertiary/aromatic N) is 1. The van der Waals surface area contributed by atoms with Gasteiger partial charge >= 0.3 is 0 Å². The Labute approximate surface area is 83.3 Å². The van der Waals surface area contributed by atoms with Gasteiger partial charge in [-0.3, -0.25) is 4.90 Å². The average Bonchev–Trinajstić information content (AvgIpc) is 2.02. The van der Waals surface area contributed by atoms with Gasteiger partial charge in [0.05, 0.1) is 21.3 Å². The third kappa shape index (κ3) is 3.79. The van der Waals surface area contributed by atoms with Gasteiger partial charge in [-0.25, -0.2) is 0 Å². The molecule has 0 spiro atoms. The fraction of sp³-hybridized carbons (Fsp3) is 1.00. The van der Waals surface area contributed by atoms with Crippen molar-refractivity contribution in [2.75, 3.05) is 25.9 Å². The minimum atomic E-state index is -0.932. The van der Waals surface area contributed by atoms with Crippen LogP contribution in [0.2, 0.25) is 19.6 Å². The zero-order valence-electron chi connectivity index (χ0n) is 9.47. The summed E-state index contributed by atoms with van der Waals surface area (Å²) >= 11 is 0. The van der Waals surface area contributed by atoms with Crippen molar-refractivity contribution in [2.24, 2.45) is 0 Å². The second-order valence-electron chi connectivity index (χ2n) is 5.17.